The van der Waals surface area contributed by atoms with E-state index >= 15 is 0 Å². The minimum absolute atomic E-state index is 0.484. The highest BCUT2D eigenvalue weighted by Crippen LogP contribution is 2.55. The fraction of sp³-hybridized carbons (Fsp3) is 1.00. The predicted molar refractivity (Wildman–Crippen MR) is 77.5 cm³/mol. The van der Waals surface area contributed by atoms with Crippen molar-refractivity contribution in [2.45, 2.75) is 103 Å². The predicted octanol–water partition coefficient (Wildman–Crippen LogP) is 3.63. The van der Waals surface area contributed by atoms with E-state index in [2.05, 4.69) is 0 Å². The van der Waals surface area contributed by atoms with Crippen LogP contribution in [0.2, 0.25) is 0 Å². The fourth-order valence-corrected chi connectivity index (χ4v) is 2.85. The SMILES string of the molecule is CC1(C)OC2(C)OC(C)(C)C(C)(C)OC2(C)OC1(C)C. The Morgan fingerprint density at radius 1 is 0.350 bits per heavy atom. The average Bonchev–Trinajstić information content (AvgIpc) is 2.08. The van der Waals surface area contributed by atoms with Crippen LogP contribution in [0.15, 0.2) is 0 Å². The smallest absolute Gasteiger partial charge is 0.221 e. The van der Waals surface area contributed by atoms with Gasteiger partial charge < -0.3 is 18.9 Å². The molecule has 118 valence electrons. The zero-order valence-corrected chi connectivity index (χ0v) is 14.6. The molecule has 2 aliphatic rings. The third-order valence-electron chi connectivity index (χ3n) is 5.52. The second-order valence-electron chi connectivity index (χ2n) is 8.34. The van der Waals surface area contributed by atoms with Gasteiger partial charge in [-0.05, 0) is 69.2 Å². The minimum Gasteiger partial charge on any atom is -0.336 e. The molecular weight excluding hydrogens is 256 g/mol. The van der Waals surface area contributed by atoms with Crippen LogP contribution in [-0.2, 0) is 18.9 Å². The monoisotopic (exact) mass is 286 g/mol. The summed E-state index contributed by atoms with van der Waals surface area (Å²) in [5, 5.41) is 0. The van der Waals surface area contributed by atoms with Crippen LogP contribution in [0.1, 0.15) is 69.2 Å². The molecule has 0 aromatic rings. The number of fused-ring (bicyclic) bond motifs is 1. The van der Waals surface area contributed by atoms with Crippen molar-refractivity contribution in [3.05, 3.63) is 0 Å². The Hall–Kier alpha value is -0.160. The Morgan fingerprint density at radius 2 is 0.500 bits per heavy atom. The molecule has 0 unspecified atom stereocenters. The highest BCUT2D eigenvalue weighted by molar-refractivity contribution is 5.07. The van der Waals surface area contributed by atoms with Gasteiger partial charge >= 0.3 is 0 Å². The summed E-state index contributed by atoms with van der Waals surface area (Å²) in [6, 6.07) is 0. The summed E-state index contributed by atoms with van der Waals surface area (Å²) in [6.45, 7) is 20.0. The first-order valence-electron chi connectivity index (χ1n) is 7.38. The van der Waals surface area contributed by atoms with Gasteiger partial charge in [0.15, 0.2) is 0 Å². The minimum atomic E-state index is -0.953. The number of hydrogen-bond donors (Lipinski definition) is 0. The first kappa shape index (κ1) is 16.2. The molecule has 2 aliphatic heterocycles. The highest BCUT2D eigenvalue weighted by Gasteiger charge is 2.69. The Morgan fingerprint density at radius 3 is 0.650 bits per heavy atom. The molecular formula is C16H30O4. The second kappa shape index (κ2) is 3.78. The van der Waals surface area contributed by atoms with E-state index in [0.29, 0.717) is 0 Å². The lowest BCUT2D eigenvalue weighted by Crippen LogP contribution is -2.79. The number of rotatable bonds is 0. The van der Waals surface area contributed by atoms with E-state index in [1.54, 1.807) is 0 Å². The zero-order chi connectivity index (χ0) is 15.8. The molecule has 0 aromatic heterocycles. The molecule has 2 fully saturated rings. The van der Waals surface area contributed by atoms with E-state index in [1.165, 1.54) is 0 Å². The Bertz CT molecular complexity index is 348. The molecule has 4 nitrogen and oxygen atoms in total. The third kappa shape index (κ3) is 1.96. The maximum atomic E-state index is 6.34. The van der Waals surface area contributed by atoms with Crippen LogP contribution in [0.5, 0.6) is 0 Å². The van der Waals surface area contributed by atoms with Crippen molar-refractivity contribution >= 4 is 0 Å². The average molecular weight is 286 g/mol. The van der Waals surface area contributed by atoms with Gasteiger partial charge in [0.25, 0.3) is 0 Å². The molecule has 0 amide bonds. The van der Waals surface area contributed by atoms with Crippen LogP contribution < -0.4 is 0 Å². The lowest BCUT2D eigenvalue weighted by atomic mass is 9.82. The molecule has 0 atom stereocenters. The highest BCUT2D eigenvalue weighted by atomic mass is 16.9. The van der Waals surface area contributed by atoms with E-state index in [1.807, 2.05) is 69.2 Å². The Labute approximate surface area is 123 Å². The summed E-state index contributed by atoms with van der Waals surface area (Å²) >= 11 is 0. The van der Waals surface area contributed by atoms with E-state index in [9.17, 15) is 0 Å². The third-order valence-corrected chi connectivity index (χ3v) is 5.52. The quantitative estimate of drug-likeness (QED) is 0.681. The van der Waals surface area contributed by atoms with Crippen LogP contribution in [0.25, 0.3) is 0 Å². The summed E-state index contributed by atoms with van der Waals surface area (Å²) in [7, 11) is 0. The van der Waals surface area contributed by atoms with Gasteiger partial charge in [0.05, 0.1) is 22.4 Å². The van der Waals surface area contributed by atoms with Crippen LogP contribution in [0.3, 0.4) is 0 Å². The lowest BCUT2D eigenvalue weighted by molar-refractivity contribution is -0.550. The molecule has 0 bridgehead atoms. The molecule has 0 aliphatic carbocycles. The Kier molecular flexibility index (Phi) is 3.06. The topological polar surface area (TPSA) is 36.9 Å². The van der Waals surface area contributed by atoms with Crippen LogP contribution in [0.4, 0.5) is 0 Å². The molecule has 2 heterocycles. The summed E-state index contributed by atoms with van der Waals surface area (Å²) in [5.74, 6) is -1.91. The number of ether oxygens (including phenoxy) is 4. The van der Waals surface area contributed by atoms with Gasteiger partial charge in [-0.3, -0.25) is 0 Å². The van der Waals surface area contributed by atoms with Crippen molar-refractivity contribution in [3.8, 4) is 0 Å². The Balaban J connectivity index is 2.49. The molecule has 2 saturated heterocycles. The molecule has 0 N–H and O–H groups in total. The standard InChI is InChI=1S/C16H30O4/c1-11(2)12(3,4)18-16(10)15(9,17-11)19-13(5,6)14(7,8)20-16/h1-10H3. The van der Waals surface area contributed by atoms with Gasteiger partial charge in [-0.25, -0.2) is 0 Å². The summed E-state index contributed by atoms with van der Waals surface area (Å²) in [6.07, 6.45) is 0. The van der Waals surface area contributed by atoms with Gasteiger partial charge in [0.2, 0.25) is 11.6 Å². The van der Waals surface area contributed by atoms with Crippen molar-refractivity contribution in [3.63, 3.8) is 0 Å². The largest absolute Gasteiger partial charge is 0.336 e. The van der Waals surface area contributed by atoms with Gasteiger partial charge in [-0.1, -0.05) is 0 Å². The maximum absolute atomic E-state index is 6.34. The summed E-state index contributed by atoms with van der Waals surface area (Å²) < 4.78 is 25.4. The van der Waals surface area contributed by atoms with E-state index < -0.39 is 34.0 Å². The van der Waals surface area contributed by atoms with Crippen molar-refractivity contribution in [1.29, 1.82) is 0 Å². The van der Waals surface area contributed by atoms with Crippen LogP contribution >= 0.6 is 0 Å². The first-order chi connectivity index (χ1) is 8.58. The van der Waals surface area contributed by atoms with Crippen molar-refractivity contribution in [1.82, 2.24) is 0 Å². The van der Waals surface area contributed by atoms with E-state index in [-0.39, 0.29) is 0 Å². The van der Waals surface area contributed by atoms with Crippen molar-refractivity contribution < 1.29 is 18.9 Å². The van der Waals surface area contributed by atoms with Gasteiger partial charge in [-0.2, -0.15) is 0 Å². The maximum Gasteiger partial charge on any atom is 0.221 e. The van der Waals surface area contributed by atoms with E-state index in [0.717, 1.165) is 0 Å². The van der Waals surface area contributed by atoms with E-state index in [4.69, 9.17) is 18.9 Å². The molecule has 4 heteroatoms. The van der Waals surface area contributed by atoms with Gasteiger partial charge in [0, 0.05) is 0 Å². The van der Waals surface area contributed by atoms with Crippen LogP contribution in [0, 0.1) is 0 Å². The molecule has 0 aromatic carbocycles. The molecule has 0 saturated carbocycles. The molecule has 20 heavy (non-hydrogen) atoms. The van der Waals surface area contributed by atoms with Gasteiger partial charge in [-0.15, -0.1) is 0 Å². The summed E-state index contributed by atoms with van der Waals surface area (Å²) in [5.41, 5.74) is -1.94. The zero-order valence-electron chi connectivity index (χ0n) is 14.6. The first-order valence-corrected chi connectivity index (χ1v) is 7.38. The number of hydrogen-bond acceptors (Lipinski definition) is 4. The van der Waals surface area contributed by atoms with Crippen molar-refractivity contribution in [2.75, 3.05) is 0 Å². The fourth-order valence-electron chi connectivity index (χ4n) is 2.85. The second-order valence-corrected chi connectivity index (χ2v) is 8.34. The van der Waals surface area contributed by atoms with Gasteiger partial charge in [0.1, 0.15) is 0 Å². The lowest BCUT2D eigenvalue weighted by Gasteiger charge is -2.66. The van der Waals surface area contributed by atoms with Crippen LogP contribution in [-0.4, -0.2) is 34.0 Å². The summed E-state index contributed by atoms with van der Waals surface area (Å²) in [4.78, 5) is 0. The van der Waals surface area contributed by atoms with Crippen molar-refractivity contribution in [2.24, 2.45) is 0 Å². The normalized spacial score (nSPS) is 44.7. The molecule has 2 rings (SSSR count). The molecule has 0 spiro atoms. The molecule has 0 radical (unpaired) electrons.